The van der Waals surface area contributed by atoms with Crippen molar-refractivity contribution in [2.75, 3.05) is 11.9 Å². The van der Waals surface area contributed by atoms with Gasteiger partial charge in [-0.3, -0.25) is 0 Å². The molecule has 1 aliphatic heterocycles. The van der Waals surface area contributed by atoms with Gasteiger partial charge < -0.3 is 19.9 Å². The van der Waals surface area contributed by atoms with Crippen LogP contribution in [0.15, 0.2) is 61.1 Å². The molecular formula is C19H15F3N4O2. The van der Waals surface area contributed by atoms with E-state index in [0.29, 0.717) is 12.2 Å². The van der Waals surface area contributed by atoms with Crippen molar-refractivity contribution in [1.29, 1.82) is 0 Å². The molecule has 2 amide bonds. The summed E-state index contributed by atoms with van der Waals surface area (Å²) in [5.74, 6) is -0.353. The van der Waals surface area contributed by atoms with Gasteiger partial charge >= 0.3 is 12.4 Å². The van der Waals surface area contributed by atoms with Crippen LogP contribution in [0.3, 0.4) is 0 Å². The van der Waals surface area contributed by atoms with Crippen molar-refractivity contribution in [2.45, 2.75) is 12.4 Å². The predicted octanol–water partition coefficient (Wildman–Crippen LogP) is 4.17. The summed E-state index contributed by atoms with van der Waals surface area (Å²) in [5.41, 5.74) is 3.51. The molecule has 6 nitrogen and oxygen atoms in total. The zero-order valence-corrected chi connectivity index (χ0v) is 14.4. The first-order chi connectivity index (χ1) is 13.4. The van der Waals surface area contributed by atoms with E-state index in [1.54, 1.807) is 12.5 Å². The van der Waals surface area contributed by atoms with Crippen LogP contribution in [-0.4, -0.2) is 28.5 Å². The van der Waals surface area contributed by atoms with Gasteiger partial charge in [0.1, 0.15) is 5.75 Å². The number of ether oxygens (including phenoxy) is 1. The molecule has 0 saturated carbocycles. The number of carbonyl (C=O) groups is 1. The summed E-state index contributed by atoms with van der Waals surface area (Å²) < 4.78 is 42.3. The maximum absolute atomic E-state index is 12.2. The highest BCUT2D eigenvalue weighted by molar-refractivity contribution is 5.89. The Morgan fingerprint density at radius 3 is 2.64 bits per heavy atom. The second kappa shape index (κ2) is 6.91. The van der Waals surface area contributed by atoms with Gasteiger partial charge in [-0.25, -0.2) is 9.78 Å². The van der Waals surface area contributed by atoms with E-state index in [-0.39, 0.29) is 11.8 Å². The third-order valence-corrected chi connectivity index (χ3v) is 4.40. The highest BCUT2D eigenvalue weighted by Crippen LogP contribution is 2.38. The van der Waals surface area contributed by atoms with Crippen molar-refractivity contribution in [3.63, 3.8) is 0 Å². The second-order valence-corrected chi connectivity index (χ2v) is 6.20. The Kier molecular flexibility index (Phi) is 4.42. The van der Waals surface area contributed by atoms with E-state index in [0.717, 1.165) is 29.0 Å². The zero-order chi connectivity index (χ0) is 19.7. The van der Waals surface area contributed by atoms with Crippen LogP contribution in [0.1, 0.15) is 11.6 Å². The number of aromatic nitrogens is 2. The molecule has 0 saturated heterocycles. The molecule has 1 atom stereocenters. The van der Waals surface area contributed by atoms with Crippen LogP contribution in [0.25, 0.3) is 11.3 Å². The van der Waals surface area contributed by atoms with Crippen molar-refractivity contribution in [1.82, 2.24) is 14.9 Å². The fraction of sp³-hybridized carbons (Fsp3) is 0.158. The zero-order valence-electron chi connectivity index (χ0n) is 14.4. The summed E-state index contributed by atoms with van der Waals surface area (Å²) in [6, 6.07) is 12.3. The number of amides is 2. The summed E-state index contributed by atoms with van der Waals surface area (Å²) in [6.07, 6.45) is -1.25. The van der Waals surface area contributed by atoms with Gasteiger partial charge in [0.05, 0.1) is 24.3 Å². The van der Waals surface area contributed by atoms with Crippen LogP contribution in [0.4, 0.5) is 23.7 Å². The molecule has 3 aromatic rings. The van der Waals surface area contributed by atoms with Crippen LogP contribution >= 0.6 is 0 Å². The van der Waals surface area contributed by atoms with Crippen LogP contribution in [0, 0.1) is 0 Å². The number of hydrogen-bond donors (Lipinski definition) is 2. The lowest BCUT2D eigenvalue weighted by atomic mass is 10.0. The van der Waals surface area contributed by atoms with Gasteiger partial charge in [0, 0.05) is 17.8 Å². The minimum atomic E-state index is -4.75. The SMILES string of the molecule is O=C(NCC1c2ccccc2-c2cncn21)Nc1ccc(OC(F)(F)F)cc1. The van der Waals surface area contributed by atoms with Gasteiger partial charge in [0.25, 0.3) is 0 Å². The largest absolute Gasteiger partial charge is 0.573 e. The average Bonchev–Trinajstić information content (AvgIpc) is 3.22. The minimum absolute atomic E-state index is 0.0815. The Hall–Kier alpha value is -3.49. The molecule has 0 spiro atoms. The molecular weight excluding hydrogens is 373 g/mol. The topological polar surface area (TPSA) is 68.2 Å². The van der Waals surface area contributed by atoms with E-state index in [1.807, 2.05) is 28.8 Å². The number of rotatable bonds is 4. The summed E-state index contributed by atoms with van der Waals surface area (Å²) >= 11 is 0. The normalized spacial score (nSPS) is 14.9. The van der Waals surface area contributed by atoms with Gasteiger partial charge in [-0.05, 0) is 29.8 Å². The lowest BCUT2D eigenvalue weighted by molar-refractivity contribution is -0.274. The Labute approximate surface area is 158 Å². The maximum Gasteiger partial charge on any atom is 0.573 e. The lowest BCUT2D eigenvalue weighted by Crippen LogP contribution is -2.33. The monoisotopic (exact) mass is 388 g/mol. The first-order valence-corrected chi connectivity index (χ1v) is 8.42. The molecule has 144 valence electrons. The Morgan fingerprint density at radius 1 is 1.14 bits per heavy atom. The molecule has 1 unspecified atom stereocenters. The van der Waals surface area contributed by atoms with Crippen molar-refractivity contribution in [2.24, 2.45) is 0 Å². The first-order valence-electron chi connectivity index (χ1n) is 8.42. The second-order valence-electron chi connectivity index (χ2n) is 6.20. The Bertz CT molecular complexity index is 999. The molecule has 2 heterocycles. The van der Waals surface area contributed by atoms with Crippen molar-refractivity contribution >= 4 is 11.7 Å². The molecule has 2 N–H and O–H groups in total. The molecule has 4 rings (SSSR count). The number of nitrogens with one attached hydrogen (secondary N) is 2. The lowest BCUT2D eigenvalue weighted by Gasteiger charge is -2.16. The summed E-state index contributed by atoms with van der Waals surface area (Å²) in [4.78, 5) is 16.4. The molecule has 0 bridgehead atoms. The van der Waals surface area contributed by atoms with Crippen LogP contribution in [0.2, 0.25) is 0 Å². The third-order valence-electron chi connectivity index (χ3n) is 4.40. The number of nitrogens with zero attached hydrogens (tertiary/aromatic N) is 2. The van der Waals surface area contributed by atoms with Crippen molar-refractivity contribution < 1.29 is 22.7 Å². The maximum atomic E-state index is 12.2. The number of urea groups is 1. The number of anilines is 1. The van der Waals surface area contributed by atoms with E-state index in [1.165, 1.54) is 12.1 Å². The number of imidazole rings is 1. The number of halogens is 3. The first kappa shape index (κ1) is 17.9. The van der Waals surface area contributed by atoms with Gasteiger partial charge in [-0.15, -0.1) is 13.2 Å². The van der Waals surface area contributed by atoms with Gasteiger partial charge in [0.2, 0.25) is 0 Å². The Balaban J connectivity index is 1.38. The number of benzene rings is 2. The summed E-state index contributed by atoms with van der Waals surface area (Å²) in [7, 11) is 0. The van der Waals surface area contributed by atoms with E-state index in [9.17, 15) is 18.0 Å². The molecule has 28 heavy (non-hydrogen) atoms. The summed E-state index contributed by atoms with van der Waals surface area (Å²) in [6.45, 7) is 0.335. The fourth-order valence-electron chi connectivity index (χ4n) is 3.25. The molecule has 1 aliphatic rings. The van der Waals surface area contributed by atoms with Gasteiger partial charge in [0.15, 0.2) is 0 Å². The number of fused-ring (bicyclic) bond motifs is 3. The molecule has 0 fully saturated rings. The quantitative estimate of drug-likeness (QED) is 0.705. The molecule has 1 aromatic heterocycles. The highest BCUT2D eigenvalue weighted by atomic mass is 19.4. The Morgan fingerprint density at radius 2 is 1.89 bits per heavy atom. The highest BCUT2D eigenvalue weighted by Gasteiger charge is 2.31. The molecule has 2 aromatic carbocycles. The molecule has 0 aliphatic carbocycles. The fourth-order valence-corrected chi connectivity index (χ4v) is 3.25. The van der Waals surface area contributed by atoms with Crippen LogP contribution in [-0.2, 0) is 0 Å². The van der Waals surface area contributed by atoms with Gasteiger partial charge in [-0.2, -0.15) is 0 Å². The van der Waals surface area contributed by atoms with E-state index >= 15 is 0 Å². The molecule has 9 heteroatoms. The number of carbonyl (C=O) groups excluding carboxylic acids is 1. The van der Waals surface area contributed by atoms with Crippen molar-refractivity contribution in [3.8, 4) is 17.0 Å². The smallest absolute Gasteiger partial charge is 0.406 e. The van der Waals surface area contributed by atoms with E-state index in [2.05, 4.69) is 20.4 Å². The molecule has 0 radical (unpaired) electrons. The van der Waals surface area contributed by atoms with Gasteiger partial charge in [-0.1, -0.05) is 24.3 Å². The van der Waals surface area contributed by atoms with Crippen LogP contribution < -0.4 is 15.4 Å². The minimum Gasteiger partial charge on any atom is -0.406 e. The van der Waals surface area contributed by atoms with Crippen molar-refractivity contribution in [3.05, 3.63) is 66.6 Å². The van der Waals surface area contributed by atoms with E-state index < -0.39 is 12.4 Å². The number of alkyl halides is 3. The third kappa shape index (κ3) is 3.64. The van der Waals surface area contributed by atoms with E-state index in [4.69, 9.17) is 0 Å². The predicted molar refractivity (Wildman–Crippen MR) is 95.9 cm³/mol. The summed E-state index contributed by atoms with van der Waals surface area (Å²) in [5, 5.41) is 5.37. The van der Waals surface area contributed by atoms with Crippen LogP contribution in [0.5, 0.6) is 5.75 Å². The standard InChI is InChI=1S/C19H15F3N4O2/c20-19(21,22)28-13-7-5-12(6-8-13)25-18(27)24-10-17-15-4-2-1-3-14(15)16-9-23-11-26(16)17/h1-9,11,17H,10H2,(H2,24,25,27). The number of hydrogen-bond acceptors (Lipinski definition) is 3. The average molecular weight is 388 g/mol.